The molecule has 5 fully saturated rings. The van der Waals surface area contributed by atoms with Crippen molar-refractivity contribution in [3.05, 3.63) is 23.3 Å². The monoisotopic (exact) mass is 614 g/mol. The van der Waals surface area contributed by atoms with Gasteiger partial charge in [0.2, 0.25) is 0 Å². The molecule has 1 aliphatic heterocycles. The van der Waals surface area contributed by atoms with Crippen molar-refractivity contribution in [2.24, 2.45) is 45.3 Å². The summed E-state index contributed by atoms with van der Waals surface area (Å²) in [6.07, 6.45) is 14.0. The van der Waals surface area contributed by atoms with E-state index in [1.165, 1.54) is 57.1 Å². The van der Waals surface area contributed by atoms with Crippen LogP contribution in [0.2, 0.25) is 0 Å². The average Bonchev–Trinajstić information content (AvgIpc) is 3.46. The van der Waals surface area contributed by atoms with E-state index in [-0.39, 0.29) is 44.7 Å². The van der Waals surface area contributed by atoms with Crippen LogP contribution in [-0.4, -0.2) is 29.8 Å². The second kappa shape index (κ2) is 9.15. The van der Waals surface area contributed by atoms with Gasteiger partial charge in [-0.15, -0.1) is 0 Å². The Kier molecular flexibility index (Phi) is 6.46. The molecule has 6 nitrogen and oxygen atoms in total. The highest BCUT2D eigenvalue weighted by molar-refractivity contribution is 7.81. The van der Waals surface area contributed by atoms with Gasteiger partial charge in [0.05, 0.1) is 11.7 Å². The van der Waals surface area contributed by atoms with Crippen LogP contribution < -0.4 is 4.18 Å². The number of fused-ring (bicyclic) bond motifs is 7. The molecule has 6 aliphatic rings. The topological polar surface area (TPSA) is 93.1 Å². The van der Waals surface area contributed by atoms with Crippen molar-refractivity contribution in [1.29, 1.82) is 0 Å². The van der Waals surface area contributed by atoms with Crippen molar-refractivity contribution < 1.29 is 27.0 Å². The number of benzene rings is 1. The minimum absolute atomic E-state index is 0.0221. The first-order chi connectivity index (χ1) is 19.9. The second-order valence-electron chi connectivity index (χ2n) is 17.6. The van der Waals surface area contributed by atoms with Gasteiger partial charge in [-0.25, -0.2) is 0 Å². The first kappa shape index (κ1) is 30.3. The highest BCUT2D eigenvalue weighted by Gasteiger charge is 2.69. The van der Waals surface area contributed by atoms with E-state index in [1.807, 2.05) is 0 Å². The average molecular weight is 615 g/mol. The van der Waals surface area contributed by atoms with Crippen LogP contribution in [0.3, 0.4) is 0 Å². The van der Waals surface area contributed by atoms with Crippen LogP contribution in [-0.2, 0) is 27.0 Å². The molecule has 10 atom stereocenters. The van der Waals surface area contributed by atoms with E-state index in [9.17, 15) is 18.1 Å². The van der Waals surface area contributed by atoms with Gasteiger partial charge in [0.1, 0.15) is 11.5 Å². The lowest BCUT2D eigenvalue weighted by Gasteiger charge is -2.56. The maximum absolute atomic E-state index is 11.8. The van der Waals surface area contributed by atoms with Gasteiger partial charge < -0.3 is 14.0 Å². The van der Waals surface area contributed by atoms with E-state index in [4.69, 9.17) is 8.92 Å². The van der Waals surface area contributed by atoms with Crippen LogP contribution in [0.5, 0.6) is 11.5 Å². The molecule has 1 saturated heterocycles. The summed E-state index contributed by atoms with van der Waals surface area (Å²) >= 11 is 0. The molecular weight excluding hydrogens is 560 g/mol. The Morgan fingerprint density at radius 3 is 2.23 bits per heavy atom. The zero-order valence-electron chi connectivity index (χ0n) is 27.5. The van der Waals surface area contributed by atoms with E-state index in [0.29, 0.717) is 29.3 Å². The summed E-state index contributed by atoms with van der Waals surface area (Å²) in [6.45, 7) is 17.3. The van der Waals surface area contributed by atoms with E-state index in [0.717, 1.165) is 43.2 Å². The molecule has 1 heterocycles. The van der Waals surface area contributed by atoms with Crippen LogP contribution in [0.1, 0.15) is 130 Å². The standard InChI is InChI=1S/C36H54O6S/c1-31(2)15-8-16-36(7)27(31)13-19-35(6)29(41-36)14-20-34(35,5)24-12-17-32(3)23(24)11-18-33(4)28(32)21-22-25(37)9-10-26(30(22)33)42-43(38,39)40/h9-10,23-24,27-29,37H,8,11-21H2,1-7H3,(H,38,39,40). The van der Waals surface area contributed by atoms with E-state index in [1.54, 1.807) is 0 Å². The van der Waals surface area contributed by atoms with Gasteiger partial charge in [0.15, 0.2) is 0 Å². The van der Waals surface area contributed by atoms with E-state index in [2.05, 4.69) is 48.5 Å². The Hall–Kier alpha value is -1.31. The third-order valence-electron chi connectivity index (χ3n) is 15.6. The minimum atomic E-state index is -4.67. The molecule has 7 heteroatoms. The summed E-state index contributed by atoms with van der Waals surface area (Å²) in [7, 11) is -4.67. The Labute approximate surface area is 259 Å². The van der Waals surface area contributed by atoms with Crippen LogP contribution in [0.4, 0.5) is 0 Å². The maximum Gasteiger partial charge on any atom is 0.446 e. The molecular formula is C36H54O6S. The number of ether oxygens (including phenoxy) is 1. The molecule has 0 aromatic heterocycles. The Morgan fingerprint density at radius 1 is 0.814 bits per heavy atom. The number of phenols is 1. The molecule has 0 amide bonds. The van der Waals surface area contributed by atoms with E-state index < -0.39 is 10.4 Å². The third-order valence-corrected chi connectivity index (χ3v) is 16.0. The van der Waals surface area contributed by atoms with Gasteiger partial charge in [-0.1, -0.05) is 48.0 Å². The molecule has 0 spiro atoms. The normalized spacial score (nSPS) is 48.4. The molecule has 10 unspecified atom stereocenters. The van der Waals surface area contributed by atoms with Crippen LogP contribution in [0.25, 0.3) is 0 Å². The fraction of sp³-hybridized carbons (Fsp3) is 0.833. The van der Waals surface area contributed by atoms with Gasteiger partial charge in [0, 0.05) is 16.5 Å². The largest absolute Gasteiger partial charge is 0.508 e. The molecule has 1 aromatic carbocycles. The lowest BCUT2D eigenvalue weighted by Crippen LogP contribution is -2.52. The van der Waals surface area contributed by atoms with Crippen LogP contribution in [0.15, 0.2) is 12.1 Å². The molecule has 5 aliphatic carbocycles. The summed E-state index contributed by atoms with van der Waals surface area (Å²) in [5.41, 5.74) is 1.98. The van der Waals surface area contributed by atoms with E-state index >= 15 is 0 Å². The molecule has 7 rings (SSSR count). The summed E-state index contributed by atoms with van der Waals surface area (Å²) in [5, 5.41) is 11.0. The Balaban J connectivity index is 1.22. The highest BCUT2D eigenvalue weighted by atomic mass is 32.3. The predicted molar refractivity (Wildman–Crippen MR) is 167 cm³/mol. The maximum atomic E-state index is 11.8. The second-order valence-corrected chi connectivity index (χ2v) is 18.7. The minimum Gasteiger partial charge on any atom is -0.508 e. The fourth-order valence-electron chi connectivity index (χ4n) is 13.3. The zero-order valence-corrected chi connectivity index (χ0v) is 28.3. The number of aromatic hydroxyl groups is 1. The molecule has 1 aromatic rings. The molecule has 240 valence electrons. The molecule has 43 heavy (non-hydrogen) atoms. The molecule has 2 N–H and O–H groups in total. The van der Waals surface area contributed by atoms with Crippen LogP contribution in [0, 0.1) is 45.3 Å². The molecule has 4 saturated carbocycles. The smallest absolute Gasteiger partial charge is 0.446 e. The molecule has 0 bridgehead atoms. The van der Waals surface area contributed by atoms with Gasteiger partial charge in [-0.3, -0.25) is 4.55 Å². The summed E-state index contributed by atoms with van der Waals surface area (Å²) < 4.78 is 45.6. The summed E-state index contributed by atoms with van der Waals surface area (Å²) in [5.74, 6) is 2.45. The zero-order chi connectivity index (χ0) is 31.0. The Morgan fingerprint density at radius 2 is 1.51 bits per heavy atom. The van der Waals surface area contributed by atoms with Crippen molar-refractivity contribution in [1.82, 2.24) is 0 Å². The summed E-state index contributed by atoms with van der Waals surface area (Å²) in [4.78, 5) is 0. The number of hydrogen-bond acceptors (Lipinski definition) is 5. The first-order valence-electron chi connectivity index (χ1n) is 17.1. The first-order valence-corrected chi connectivity index (χ1v) is 18.4. The van der Waals surface area contributed by atoms with Crippen molar-refractivity contribution in [3.8, 4) is 11.5 Å². The van der Waals surface area contributed by atoms with Gasteiger partial charge in [-0.05, 0) is 135 Å². The van der Waals surface area contributed by atoms with Gasteiger partial charge in [-0.2, -0.15) is 8.42 Å². The SMILES string of the molecule is CC1(C)CCCC2(C)OC3CCC(C)(C4CCC5(C)C4CCC4(C)c6c(OS(=O)(=O)O)ccc(O)c6CC45)C3(C)CCC12. The third kappa shape index (κ3) is 4.05. The summed E-state index contributed by atoms with van der Waals surface area (Å²) in [6, 6.07) is 3.02. The Bertz CT molecular complexity index is 1440. The number of rotatable bonds is 3. The lowest BCUT2D eigenvalue weighted by molar-refractivity contribution is -0.179. The fourth-order valence-corrected chi connectivity index (χ4v) is 13.7. The van der Waals surface area contributed by atoms with Crippen molar-refractivity contribution in [2.75, 3.05) is 0 Å². The van der Waals surface area contributed by atoms with Crippen molar-refractivity contribution in [3.63, 3.8) is 0 Å². The lowest BCUT2D eigenvalue weighted by atomic mass is 9.48. The quantitative estimate of drug-likeness (QED) is 0.332. The molecule has 0 radical (unpaired) electrons. The number of hydrogen-bond donors (Lipinski definition) is 2. The highest BCUT2D eigenvalue weighted by Crippen LogP contribution is 2.74. The van der Waals surface area contributed by atoms with Gasteiger partial charge in [0.25, 0.3) is 0 Å². The predicted octanol–water partition coefficient (Wildman–Crippen LogP) is 8.40. The number of phenolic OH excluding ortho intramolecular Hbond substituents is 1. The van der Waals surface area contributed by atoms with Crippen molar-refractivity contribution in [2.45, 2.75) is 143 Å². The van der Waals surface area contributed by atoms with Gasteiger partial charge >= 0.3 is 10.4 Å². The van der Waals surface area contributed by atoms with Crippen LogP contribution >= 0.6 is 0 Å². The van der Waals surface area contributed by atoms with Crippen molar-refractivity contribution >= 4 is 10.4 Å².